The largest absolute Gasteiger partial charge is 0.395 e. The Morgan fingerprint density at radius 2 is 2.12 bits per heavy atom. The zero-order valence-corrected chi connectivity index (χ0v) is 12.3. The predicted octanol–water partition coefficient (Wildman–Crippen LogP) is 1.83. The quantitative estimate of drug-likeness (QED) is 0.834. The first kappa shape index (κ1) is 13.2. The summed E-state index contributed by atoms with van der Waals surface area (Å²) >= 11 is 3.38. The summed E-state index contributed by atoms with van der Waals surface area (Å²) < 4.78 is 15.9. The summed E-state index contributed by atoms with van der Waals surface area (Å²) in [4.78, 5) is 0.862. The lowest BCUT2D eigenvalue weighted by Gasteiger charge is -2.34. The Kier molecular flexibility index (Phi) is 4.02. The molecule has 96 valence electrons. The van der Waals surface area contributed by atoms with E-state index in [-0.39, 0.29) is 12.6 Å². The number of rotatable bonds is 3. The molecule has 0 amide bonds. The highest BCUT2D eigenvalue weighted by Gasteiger charge is 2.32. The SMILES string of the molecule is C[SH](=O)(c1ccc(Br)cc1)N1CCC[C@@H]1CO. The van der Waals surface area contributed by atoms with Crippen LogP contribution in [0.1, 0.15) is 12.8 Å². The first-order chi connectivity index (χ1) is 8.05. The minimum absolute atomic E-state index is 0.0504. The van der Waals surface area contributed by atoms with Gasteiger partial charge in [0, 0.05) is 28.2 Å². The summed E-state index contributed by atoms with van der Waals surface area (Å²) in [6.07, 6.45) is 3.74. The average Bonchev–Trinajstić information content (AvgIpc) is 2.78. The van der Waals surface area contributed by atoms with Crippen LogP contribution >= 0.6 is 15.9 Å². The zero-order chi connectivity index (χ0) is 12.5. The van der Waals surface area contributed by atoms with Crippen LogP contribution in [0.5, 0.6) is 0 Å². The van der Waals surface area contributed by atoms with E-state index in [1.807, 2.05) is 28.6 Å². The van der Waals surface area contributed by atoms with E-state index in [2.05, 4.69) is 15.9 Å². The van der Waals surface area contributed by atoms with Crippen LogP contribution in [0.15, 0.2) is 33.6 Å². The summed E-state index contributed by atoms with van der Waals surface area (Å²) in [7, 11) is -2.53. The number of benzene rings is 1. The van der Waals surface area contributed by atoms with Crippen molar-refractivity contribution in [3.05, 3.63) is 28.7 Å². The van der Waals surface area contributed by atoms with Crippen molar-refractivity contribution in [1.82, 2.24) is 4.31 Å². The smallest absolute Gasteiger partial charge is 0.0596 e. The molecule has 1 aromatic rings. The fourth-order valence-corrected chi connectivity index (χ4v) is 4.97. The summed E-state index contributed by atoms with van der Waals surface area (Å²) in [5, 5.41) is 9.32. The van der Waals surface area contributed by atoms with Gasteiger partial charge in [0.15, 0.2) is 0 Å². The molecule has 1 heterocycles. The van der Waals surface area contributed by atoms with Crippen molar-refractivity contribution in [3.63, 3.8) is 0 Å². The van der Waals surface area contributed by atoms with Gasteiger partial charge in [-0.1, -0.05) is 15.9 Å². The van der Waals surface area contributed by atoms with Gasteiger partial charge in [0.2, 0.25) is 0 Å². The summed E-state index contributed by atoms with van der Waals surface area (Å²) in [5.41, 5.74) is 0. The van der Waals surface area contributed by atoms with Gasteiger partial charge in [0.05, 0.1) is 6.61 Å². The van der Waals surface area contributed by atoms with Gasteiger partial charge in [-0.15, -0.1) is 0 Å². The van der Waals surface area contributed by atoms with Gasteiger partial charge in [-0.25, -0.2) is 4.31 Å². The van der Waals surface area contributed by atoms with E-state index >= 15 is 0 Å². The highest BCUT2D eigenvalue weighted by atomic mass is 79.9. The van der Waals surface area contributed by atoms with E-state index in [0.29, 0.717) is 0 Å². The average molecular weight is 320 g/mol. The first-order valence-corrected chi connectivity index (χ1v) is 8.67. The van der Waals surface area contributed by atoms with E-state index in [1.165, 1.54) is 0 Å². The molecule has 17 heavy (non-hydrogen) atoms. The molecule has 0 aromatic heterocycles. The molecule has 5 heteroatoms. The maximum absolute atomic E-state index is 12.9. The van der Waals surface area contributed by atoms with Crippen molar-refractivity contribution in [1.29, 1.82) is 0 Å². The summed E-state index contributed by atoms with van der Waals surface area (Å²) in [6, 6.07) is 7.68. The Morgan fingerprint density at radius 1 is 1.47 bits per heavy atom. The lowest BCUT2D eigenvalue weighted by atomic mass is 10.2. The van der Waals surface area contributed by atoms with Gasteiger partial charge < -0.3 is 5.11 Å². The lowest BCUT2D eigenvalue weighted by Crippen LogP contribution is -2.41. The van der Waals surface area contributed by atoms with Gasteiger partial charge in [0.25, 0.3) is 0 Å². The molecule has 1 aromatic carbocycles. The second-order valence-electron chi connectivity index (χ2n) is 4.50. The van der Waals surface area contributed by atoms with Crippen LogP contribution in [0, 0.1) is 0 Å². The molecule has 1 saturated heterocycles. The van der Waals surface area contributed by atoms with Gasteiger partial charge in [-0.05, 0) is 47.2 Å². The van der Waals surface area contributed by atoms with Crippen LogP contribution in [0.4, 0.5) is 0 Å². The van der Waals surface area contributed by atoms with Crippen LogP contribution in [0.25, 0.3) is 0 Å². The maximum Gasteiger partial charge on any atom is 0.0596 e. The van der Waals surface area contributed by atoms with Gasteiger partial charge >= 0.3 is 0 Å². The van der Waals surface area contributed by atoms with Crippen molar-refractivity contribution in [2.24, 2.45) is 0 Å². The van der Waals surface area contributed by atoms with E-state index in [9.17, 15) is 9.32 Å². The Morgan fingerprint density at radius 3 is 2.71 bits per heavy atom. The van der Waals surface area contributed by atoms with Crippen molar-refractivity contribution < 1.29 is 9.32 Å². The molecule has 1 aliphatic rings. The standard InChI is InChI=1S/C12H18BrNO2S/c1-17(16,12-6-4-10(13)5-7-12)14-8-2-3-11(14)9-15/h4-7,11,15,17H,2-3,8-9H2,1H3/t11-/m1/s1. The maximum atomic E-state index is 12.9. The Bertz CT molecular complexity index is 435. The molecule has 0 aliphatic carbocycles. The molecule has 0 unspecified atom stereocenters. The molecule has 1 atom stereocenters. The second kappa shape index (κ2) is 5.18. The third kappa shape index (κ3) is 2.62. The second-order valence-corrected chi connectivity index (χ2v) is 8.20. The van der Waals surface area contributed by atoms with E-state index in [4.69, 9.17) is 0 Å². The van der Waals surface area contributed by atoms with Crippen molar-refractivity contribution in [3.8, 4) is 0 Å². The summed E-state index contributed by atoms with van der Waals surface area (Å²) in [5.74, 6) is 0. The number of thiol groups is 1. The van der Waals surface area contributed by atoms with Crippen LogP contribution < -0.4 is 0 Å². The highest BCUT2D eigenvalue weighted by molar-refractivity contribution is 9.10. The van der Waals surface area contributed by atoms with Crippen molar-refractivity contribution in [2.45, 2.75) is 23.8 Å². The van der Waals surface area contributed by atoms with Crippen LogP contribution in [-0.4, -0.2) is 39.1 Å². The molecule has 2 rings (SSSR count). The Balaban J connectivity index is 2.29. The fraction of sp³-hybridized carbons (Fsp3) is 0.500. The van der Waals surface area contributed by atoms with Crippen LogP contribution in [0.3, 0.4) is 0 Å². The topological polar surface area (TPSA) is 40.5 Å². The monoisotopic (exact) mass is 319 g/mol. The number of nitrogens with zero attached hydrogens (tertiary/aromatic N) is 1. The number of halogens is 1. The fourth-order valence-electron chi connectivity index (χ4n) is 2.37. The van der Waals surface area contributed by atoms with Gasteiger partial charge in [-0.3, -0.25) is 4.21 Å². The van der Waals surface area contributed by atoms with Crippen molar-refractivity contribution >= 4 is 26.0 Å². The molecule has 1 N–H and O–H groups in total. The Hall–Kier alpha value is -0.230. The van der Waals surface area contributed by atoms with Crippen LogP contribution in [-0.2, 0) is 10.1 Å². The Labute approximate surface area is 112 Å². The predicted molar refractivity (Wildman–Crippen MR) is 74.7 cm³/mol. The van der Waals surface area contributed by atoms with E-state index in [0.717, 1.165) is 28.8 Å². The zero-order valence-electron chi connectivity index (χ0n) is 9.84. The number of hydrogen-bond acceptors (Lipinski definition) is 2. The lowest BCUT2D eigenvalue weighted by molar-refractivity contribution is 0.216. The third-order valence-corrected chi connectivity index (χ3v) is 6.64. The molecular weight excluding hydrogens is 302 g/mol. The minimum Gasteiger partial charge on any atom is -0.395 e. The number of hydrogen-bond donors (Lipinski definition) is 2. The molecule has 0 saturated carbocycles. The van der Waals surface area contributed by atoms with E-state index < -0.39 is 10.1 Å². The highest BCUT2D eigenvalue weighted by Crippen LogP contribution is 2.30. The number of aliphatic hydroxyl groups is 1. The molecule has 0 radical (unpaired) electrons. The van der Waals surface area contributed by atoms with Gasteiger partial charge in [-0.2, -0.15) is 0 Å². The molecule has 0 spiro atoms. The number of aliphatic hydroxyl groups excluding tert-OH is 1. The molecule has 1 fully saturated rings. The summed E-state index contributed by atoms with van der Waals surface area (Å²) in [6.45, 7) is 0.906. The van der Waals surface area contributed by atoms with Crippen LogP contribution in [0.2, 0.25) is 0 Å². The van der Waals surface area contributed by atoms with E-state index in [1.54, 1.807) is 6.26 Å². The molecule has 1 aliphatic heterocycles. The van der Waals surface area contributed by atoms with Crippen molar-refractivity contribution in [2.75, 3.05) is 19.4 Å². The first-order valence-electron chi connectivity index (χ1n) is 5.77. The molecular formula is C12H18BrNO2S. The normalized spacial score (nSPS) is 22.9. The molecule has 3 nitrogen and oxygen atoms in total. The third-order valence-electron chi connectivity index (χ3n) is 3.35. The van der Waals surface area contributed by atoms with Gasteiger partial charge in [0.1, 0.15) is 0 Å². The molecule has 0 bridgehead atoms. The minimum atomic E-state index is -2.53.